The van der Waals surface area contributed by atoms with Gasteiger partial charge in [0.15, 0.2) is 23.6 Å². The number of carbonyl (C=O) groups is 5. The number of esters is 4. The third-order valence-electron chi connectivity index (χ3n) is 6.38. The maximum absolute atomic E-state index is 13.2. The molecule has 1 aromatic rings. The number of carbonyl (C=O) groups excluding carboxylic acids is 5. The molecule has 39 heavy (non-hydrogen) atoms. The van der Waals surface area contributed by atoms with Crippen molar-refractivity contribution >= 4 is 29.8 Å². The van der Waals surface area contributed by atoms with Crippen LogP contribution in [-0.4, -0.2) is 59.6 Å². The first-order valence-electron chi connectivity index (χ1n) is 13.5. The Balaban J connectivity index is 2.21. The van der Waals surface area contributed by atoms with Gasteiger partial charge in [0.1, 0.15) is 12.7 Å². The standard InChI is InChI=1S/C28H40N2O9/c1-7-9-10-11-12-21(31)38-23-17(5)13-14-29-22(23)25(32)30-20-15-36-27(34)19(8-2)24(18(6)37-28(20)35)39-26(33)16(3)4/h13-14,16,18-20,24H,7-12,15H2,1-6H3,(H,30,32). The number of rotatable bonds is 11. The Morgan fingerprint density at radius 2 is 1.85 bits per heavy atom. The molecule has 11 heteroatoms. The Bertz CT molecular complexity index is 1040. The molecular formula is C28H40N2O9. The van der Waals surface area contributed by atoms with Gasteiger partial charge in [-0.05, 0) is 38.3 Å². The molecule has 0 aliphatic carbocycles. The summed E-state index contributed by atoms with van der Waals surface area (Å²) in [6.07, 6.45) is 3.39. The zero-order valence-electron chi connectivity index (χ0n) is 23.6. The molecule has 0 spiro atoms. The number of nitrogens with one attached hydrogen (secondary N) is 1. The molecular weight excluding hydrogens is 508 g/mol. The Labute approximate surface area is 229 Å². The zero-order valence-corrected chi connectivity index (χ0v) is 23.6. The number of ether oxygens (including phenoxy) is 4. The lowest BCUT2D eigenvalue weighted by Gasteiger charge is -2.29. The summed E-state index contributed by atoms with van der Waals surface area (Å²) in [6, 6.07) is 0.221. The summed E-state index contributed by atoms with van der Waals surface area (Å²) in [7, 11) is 0. The van der Waals surface area contributed by atoms with E-state index in [0.29, 0.717) is 12.0 Å². The van der Waals surface area contributed by atoms with E-state index in [-0.39, 0.29) is 24.3 Å². The van der Waals surface area contributed by atoms with Crippen LogP contribution in [-0.2, 0) is 33.4 Å². The van der Waals surface area contributed by atoms with Gasteiger partial charge in [-0.3, -0.25) is 19.2 Å². The van der Waals surface area contributed by atoms with E-state index in [1.54, 1.807) is 33.8 Å². The molecule has 1 aliphatic rings. The van der Waals surface area contributed by atoms with E-state index < -0.39 is 66.5 Å². The van der Waals surface area contributed by atoms with E-state index in [1.807, 2.05) is 0 Å². The SMILES string of the molecule is CCCCCCC(=O)Oc1c(C)ccnc1C(=O)NC1COC(=O)C(CC)C(OC(=O)C(C)C)C(C)OC1=O. The number of hydrogen-bond donors (Lipinski definition) is 1. The highest BCUT2D eigenvalue weighted by Gasteiger charge is 2.41. The number of nitrogens with zero attached hydrogens (tertiary/aromatic N) is 1. The van der Waals surface area contributed by atoms with Crippen molar-refractivity contribution in [2.24, 2.45) is 11.8 Å². The molecule has 2 rings (SSSR count). The van der Waals surface area contributed by atoms with Crippen molar-refractivity contribution in [3.63, 3.8) is 0 Å². The minimum atomic E-state index is -1.37. The van der Waals surface area contributed by atoms with Gasteiger partial charge in [-0.1, -0.05) is 47.0 Å². The van der Waals surface area contributed by atoms with Crippen LogP contribution < -0.4 is 10.1 Å². The number of amides is 1. The number of unbranched alkanes of at least 4 members (excludes halogenated alkanes) is 3. The Kier molecular flexibility index (Phi) is 12.3. The lowest BCUT2D eigenvalue weighted by atomic mass is 9.95. The van der Waals surface area contributed by atoms with Gasteiger partial charge >= 0.3 is 23.9 Å². The van der Waals surface area contributed by atoms with E-state index in [4.69, 9.17) is 18.9 Å². The highest BCUT2D eigenvalue weighted by Crippen LogP contribution is 2.25. The lowest BCUT2D eigenvalue weighted by molar-refractivity contribution is -0.176. The molecule has 1 N–H and O–H groups in total. The van der Waals surface area contributed by atoms with E-state index in [0.717, 1.165) is 19.3 Å². The van der Waals surface area contributed by atoms with Gasteiger partial charge < -0.3 is 24.3 Å². The normalized spacial score (nSPS) is 21.6. The Morgan fingerprint density at radius 1 is 1.13 bits per heavy atom. The quantitative estimate of drug-likeness (QED) is 0.248. The highest BCUT2D eigenvalue weighted by molar-refractivity contribution is 5.98. The van der Waals surface area contributed by atoms with E-state index >= 15 is 0 Å². The largest absolute Gasteiger partial charge is 0.463 e. The fourth-order valence-electron chi connectivity index (χ4n) is 4.00. The number of hydrogen-bond acceptors (Lipinski definition) is 10. The van der Waals surface area contributed by atoms with E-state index in [1.165, 1.54) is 13.1 Å². The van der Waals surface area contributed by atoms with Gasteiger partial charge in [0, 0.05) is 12.6 Å². The summed E-state index contributed by atoms with van der Waals surface area (Å²) in [6.45, 7) is 9.77. The smallest absolute Gasteiger partial charge is 0.332 e. The fourth-order valence-corrected chi connectivity index (χ4v) is 4.00. The van der Waals surface area contributed by atoms with E-state index in [9.17, 15) is 24.0 Å². The van der Waals surface area contributed by atoms with Crippen LogP contribution in [0.25, 0.3) is 0 Å². The molecule has 1 aliphatic heterocycles. The molecule has 1 aromatic heterocycles. The summed E-state index contributed by atoms with van der Waals surface area (Å²) in [5.41, 5.74) is 0.314. The van der Waals surface area contributed by atoms with Gasteiger partial charge in [-0.25, -0.2) is 9.78 Å². The first kappa shape index (κ1) is 31.7. The molecule has 0 bridgehead atoms. The Hall–Kier alpha value is -3.50. The maximum Gasteiger partial charge on any atom is 0.332 e. The third kappa shape index (κ3) is 9.04. The number of aryl methyl sites for hydroxylation is 1. The number of cyclic esters (lactones) is 2. The van der Waals surface area contributed by atoms with E-state index in [2.05, 4.69) is 17.2 Å². The van der Waals surface area contributed by atoms with Crippen LogP contribution in [0.15, 0.2) is 12.3 Å². The van der Waals surface area contributed by atoms with Crippen LogP contribution >= 0.6 is 0 Å². The molecule has 0 aromatic carbocycles. The average Bonchev–Trinajstić information content (AvgIpc) is 2.92. The maximum atomic E-state index is 13.2. The fraction of sp³-hybridized carbons (Fsp3) is 0.643. The highest BCUT2D eigenvalue weighted by atomic mass is 16.6. The second kappa shape index (κ2) is 15.2. The summed E-state index contributed by atoms with van der Waals surface area (Å²) < 4.78 is 21.8. The molecule has 1 fully saturated rings. The van der Waals surface area contributed by atoms with Crippen molar-refractivity contribution < 1.29 is 42.9 Å². The van der Waals surface area contributed by atoms with Gasteiger partial charge in [-0.15, -0.1) is 0 Å². The van der Waals surface area contributed by atoms with Gasteiger partial charge in [0.25, 0.3) is 5.91 Å². The van der Waals surface area contributed by atoms with Gasteiger partial charge in [0.05, 0.1) is 11.8 Å². The first-order chi connectivity index (χ1) is 18.5. The molecule has 1 amide bonds. The predicted octanol–water partition coefficient (Wildman–Crippen LogP) is 3.45. The molecule has 11 nitrogen and oxygen atoms in total. The molecule has 216 valence electrons. The van der Waals surface area contributed by atoms with Crippen molar-refractivity contribution in [3.05, 3.63) is 23.5 Å². The topological polar surface area (TPSA) is 147 Å². The molecule has 0 radical (unpaired) electrons. The van der Waals surface area contributed by atoms with Crippen LogP contribution in [0, 0.1) is 18.8 Å². The van der Waals surface area contributed by atoms with Gasteiger partial charge in [0.2, 0.25) is 0 Å². The minimum absolute atomic E-state index is 0.0102. The van der Waals surface area contributed by atoms with Crippen LogP contribution in [0.2, 0.25) is 0 Å². The zero-order chi connectivity index (χ0) is 29.1. The van der Waals surface area contributed by atoms with Crippen molar-refractivity contribution in [1.82, 2.24) is 10.3 Å². The Morgan fingerprint density at radius 3 is 2.49 bits per heavy atom. The molecule has 2 heterocycles. The number of pyridine rings is 1. The summed E-state index contributed by atoms with van der Waals surface area (Å²) in [4.78, 5) is 67.8. The van der Waals surface area contributed by atoms with Crippen LogP contribution in [0.1, 0.15) is 89.2 Å². The minimum Gasteiger partial charge on any atom is -0.463 e. The summed E-state index contributed by atoms with van der Waals surface area (Å²) >= 11 is 0. The first-order valence-corrected chi connectivity index (χ1v) is 13.5. The lowest BCUT2D eigenvalue weighted by Crippen LogP contribution is -2.47. The van der Waals surface area contributed by atoms with Crippen molar-refractivity contribution in [3.8, 4) is 5.75 Å². The van der Waals surface area contributed by atoms with Crippen LogP contribution in [0.5, 0.6) is 5.75 Å². The second-order valence-electron chi connectivity index (χ2n) is 9.96. The number of aromatic nitrogens is 1. The molecule has 1 saturated heterocycles. The molecule has 4 atom stereocenters. The van der Waals surface area contributed by atoms with Crippen molar-refractivity contribution in [2.75, 3.05) is 6.61 Å². The predicted molar refractivity (Wildman–Crippen MR) is 140 cm³/mol. The van der Waals surface area contributed by atoms with Crippen LogP contribution in [0.3, 0.4) is 0 Å². The summed E-state index contributed by atoms with van der Waals surface area (Å²) in [5.74, 6) is -4.75. The van der Waals surface area contributed by atoms with Crippen LogP contribution in [0.4, 0.5) is 0 Å². The molecule has 0 saturated carbocycles. The monoisotopic (exact) mass is 548 g/mol. The second-order valence-corrected chi connectivity index (χ2v) is 9.96. The van der Waals surface area contributed by atoms with Crippen molar-refractivity contribution in [2.45, 2.75) is 98.3 Å². The van der Waals surface area contributed by atoms with Gasteiger partial charge in [-0.2, -0.15) is 0 Å². The third-order valence-corrected chi connectivity index (χ3v) is 6.38. The average molecular weight is 549 g/mol. The summed E-state index contributed by atoms with van der Waals surface area (Å²) in [5, 5.41) is 2.48. The van der Waals surface area contributed by atoms with Crippen molar-refractivity contribution in [1.29, 1.82) is 0 Å². The molecule has 4 unspecified atom stereocenters.